The maximum Gasteiger partial charge on any atom is 0.170 e. The quantitative estimate of drug-likeness (QED) is 0.789. The zero-order valence-corrected chi connectivity index (χ0v) is 11.4. The smallest absolute Gasteiger partial charge is 0.170 e. The Morgan fingerprint density at radius 2 is 2.11 bits per heavy atom. The van der Waals surface area contributed by atoms with Crippen molar-refractivity contribution in [2.45, 2.75) is 32.6 Å². The number of hydrogen-bond acceptors (Lipinski definition) is 2. The van der Waals surface area contributed by atoms with Crippen LogP contribution in [0.3, 0.4) is 0 Å². The number of benzene rings is 1. The predicted molar refractivity (Wildman–Crippen MR) is 74.4 cm³/mol. The molecule has 1 heterocycles. The van der Waals surface area contributed by atoms with E-state index in [-0.39, 0.29) is 5.78 Å². The van der Waals surface area contributed by atoms with Gasteiger partial charge >= 0.3 is 0 Å². The number of rotatable bonds is 3. The molecular weight excluding hydrogens is 236 g/mol. The number of fused-ring (bicyclic) bond motifs is 1. The standard InChI is InChI=1S/C16H18N2O/c1-11-15(10-17-18(11)2)16(19)9-12-6-7-13-4-3-5-14(13)8-12/h6-8,10H,3-5,9H2,1-2H3. The molecule has 3 nitrogen and oxygen atoms in total. The van der Waals surface area contributed by atoms with Crippen molar-refractivity contribution in [1.82, 2.24) is 9.78 Å². The minimum Gasteiger partial charge on any atom is -0.294 e. The van der Waals surface area contributed by atoms with Crippen LogP contribution in [-0.2, 0) is 26.3 Å². The van der Waals surface area contributed by atoms with E-state index < -0.39 is 0 Å². The Bertz CT molecular complexity index is 640. The lowest BCUT2D eigenvalue weighted by Crippen LogP contribution is -2.05. The largest absolute Gasteiger partial charge is 0.294 e. The number of Topliss-reactive ketones (excluding diaryl/α,β-unsaturated/α-hetero) is 1. The summed E-state index contributed by atoms with van der Waals surface area (Å²) in [5, 5.41) is 4.13. The highest BCUT2D eigenvalue weighted by atomic mass is 16.1. The van der Waals surface area contributed by atoms with Crippen molar-refractivity contribution >= 4 is 5.78 Å². The first-order valence-corrected chi connectivity index (χ1v) is 6.77. The third kappa shape index (κ3) is 2.21. The fourth-order valence-electron chi connectivity index (χ4n) is 2.79. The molecule has 0 N–H and O–H groups in total. The summed E-state index contributed by atoms with van der Waals surface area (Å²) in [6, 6.07) is 6.47. The van der Waals surface area contributed by atoms with Crippen molar-refractivity contribution in [1.29, 1.82) is 0 Å². The average molecular weight is 254 g/mol. The molecule has 1 aliphatic carbocycles. The zero-order chi connectivity index (χ0) is 13.4. The van der Waals surface area contributed by atoms with Gasteiger partial charge in [-0.05, 0) is 42.9 Å². The molecule has 98 valence electrons. The highest BCUT2D eigenvalue weighted by Crippen LogP contribution is 2.23. The van der Waals surface area contributed by atoms with Crippen LogP contribution in [0.25, 0.3) is 0 Å². The van der Waals surface area contributed by atoms with Crippen LogP contribution in [0.4, 0.5) is 0 Å². The van der Waals surface area contributed by atoms with E-state index in [1.54, 1.807) is 10.9 Å². The van der Waals surface area contributed by atoms with Crippen LogP contribution < -0.4 is 0 Å². The van der Waals surface area contributed by atoms with Gasteiger partial charge in [-0.15, -0.1) is 0 Å². The Hall–Kier alpha value is -1.90. The molecule has 3 heteroatoms. The molecule has 0 fully saturated rings. The van der Waals surface area contributed by atoms with Gasteiger partial charge in [-0.2, -0.15) is 5.10 Å². The predicted octanol–water partition coefficient (Wildman–Crippen LogP) is 2.64. The van der Waals surface area contributed by atoms with Crippen LogP contribution in [0, 0.1) is 6.92 Å². The van der Waals surface area contributed by atoms with Gasteiger partial charge in [-0.1, -0.05) is 18.2 Å². The first-order valence-electron chi connectivity index (χ1n) is 6.77. The van der Waals surface area contributed by atoms with E-state index in [0.717, 1.165) is 23.2 Å². The molecular formula is C16H18N2O. The number of carbonyl (C=O) groups excluding carboxylic acids is 1. The van der Waals surface area contributed by atoms with Crippen molar-refractivity contribution in [2.75, 3.05) is 0 Å². The van der Waals surface area contributed by atoms with Crippen LogP contribution in [0.2, 0.25) is 0 Å². The summed E-state index contributed by atoms with van der Waals surface area (Å²) in [6.07, 6.45) is 5.73. The van der Waals surface area contributed by atoms with Gasteiger partial charge in [-0.3, -0.25) is 9.48 Å². The van der Waals surface area contributed by atoms with Crippen LogP contribution in [-0.4, -0.2) is 15.6 Å². The molecule has 0 aliphatic heterocycles. The molecule has 0 atom stereocenters. The topological polar surface area (TPSA) is 34.9 Å². The number of aryl methyl sites for hydroxylation is 3. The summed E-state index contributed by atoms with van der Waals surface area (Å²) in [5.74, 6) is 0.156. The van der Waals surface area contributed by atoms with Crippen LogP contribution in [0.15, 0.2) is 24.4 Å². The minimum absolute atomic E-state index is 0.156. The molecule has 0 amide bonds. The monoisotopic (exact) mass is 254 g/mol. The molecule has 1 aliphatic rings. The average Bonchev–Trinajstić information content (AvgIpc) is 2.97. The lowest BCUT2D eigenvalue weighted by atomic mass is 10.00. The normalized spacial score (nSPS) is 13.6. The number of carbonyl (C=O) groups is 1. The summed E-state index contributed by atoms with van der Waals surface area (Å²) in [4.78, 5) is 12.3. The number of nitrogens with zero attached hydrogens (tertiary/aromatic N) is 2. The van der Waals surface area contributed by atoms with Gasteiger partial charge in [0.05, 0.1) is 11.8 Å². The van der Waals surface area contributed by atoms with Crippen molar-refractivity contribution in [3.8, 4) is 0 Å². The molecule has 3 rings (SSSR count). The molecule has 0 spiro atoms. The maximum absolute atomic E-state index is 12.3. The Balaban J connectivity index is 1.82. The SMILES string of the molecule is Cc1c(C(=O)Cc2ccc3c(c2)CCC3)cnn1C. The van der Waals surface area contributed by atoms with Crippen molar-refractivity contribution in [2.24, 2.45) is 7.05 Å². The van der Waals surface area contributed by atoms with Gasteiger partial charge in [-0.25, -0.2) is 0 Å². The lowest BCUT2D eigenvalue weighted by Gasteiger charge is -2.04. The van der Waals surface area contributed by atoms with E-state index in [4.69, 9.17) is 0 Å². The molecule has 19 heavy (non-hydrogen) atoms. The third-order valence-electron chi connectivity index (χ3n) is 4.06. The molecule has 0 saturated heterocycles. The molecule has 0 bridgehead atoms. The van der Waals surface area contributed by atoms with E-state index in [9.17, 15) is 4.79 Å². The van der Waals surface area contributed by atoms with E-state index in [1.807, 2.05) is 14.0 Å². The van der Waals surface area contributed by atoms with E-state index >= 15 is 0 Å². The fourth-order valence-corrected chi connectivity index (χ4v) is 2.79. The van der Waals surface area contributed by atoms with Crippen LogP contribution in [0.1, 0.15) is 39.2 Å². The van der Waals surface area contributed by atoms with Crippen molar-refractivity contribution < 1.29 is 4.79 Å². The van der Waals surface area contributed by atoms with Gasteiger partial charge in [0, 0.05) is 19.2 Å². The second kappa shape index (κ2) is 4.65. The Morgan fingerprint density at radius 1 is 1.32 bits per heavy atom. The summed E-state index contributed by atoms with van der Waals surface area (Å²) >= 11 is 0. The summed E-state index contributed by atoms with van der Waals surface area (Å²) in [6.45, 7) is 1.93. The third-order valence-corrected chi connectivity index (χ3v) is 4.06. The Morgan fingerprint density at radius 3 is 2.84 bits per heavy atom. The number of ketones is 1. The molecule has 1 aromatic heterocycles. The fraction of sp³-hybridized carbons (Fsp3) is 0.375. The first kappa shape index (κ1) is 12.2. The van der Waals surface area contributed by atoms with Crippen LogP contribution >= 0.6 is 0 Å². The molecule has 0 unspecified atom stereocenters. The van der Waals surface area contributed by atoms with Gasteiger partial charge in [0.25, 0.3) is 0 Å². The number of hydrogen-bond donors (Lipinski definition) is 0. The highest BCUT2D eigenvalue weighted by molar-refractivity contribution is 5.98. The maximum atomic E-state index is 12.3. The van der Waals surface area contributed by atoms with Gasteiger partial charge in [0.1, 0.15) is 0 Å². The summed E-state index contributed by atoms with van der Waals surface area (Å²) < 4.78 is 1.75. The minimum atomic E-state index is 0.156. The second-order valence-electron chi connectivity index (χ2n) is 5.32. The number of aromatic nitrogens is 2. The van der Waals surface area contributed by atoms with Crippen molar-refractivity contribution in [3.63, 3.8) is 0 Å². The Kier molecular flexibility index (Phi) is 2.97. The van der Waals surface area contributed by atoms with E-state index in [1.165, 1.54) is 24.0 Å². The second-order valence-corrected chi connectivity index (χ2v) is 5.32. The molecule has 0 saturated carbocycles. The highest BCUT2D eigenvalue weighted by Gasteiger charge is 2.15. The van der Waals surface area contributed by atoms with Gasteiger partial charge < -0.3 is 0 Å². The Labute approximate surface area is 113 Å². The van der Waals surface area contributed by atoms with E-state index in [2.05, 4.69) is 23.3 Å². The van der Waals surface area contributed by atoms with Gasteiger partial charge in [0.2, 0.25) is 0 Å². The molecule has 0 radical (unpaired) electrons. The molecule has 2 aromatic rings. The summed E-state index contributed by atoms with van der Waals surface area (Å²) in [7, 11) is 1.86. The molecule has 1 aromatic carbocycles. The first-order chi connectivity index (χ1) is 9.15. The van der Waals surface area contributed by atoms with Crippen molar-refractivity contribution in [3.05, 3.63) is 52.3 Å². The van der Waals surface area contributed by atoms with Crippen LogP contribution in [0.5, 0.6) is 0 Å². The zero-order valence-electron chi connectivity index (χ0n) is 11.4. The lowest BCUT2D eigenvalue weighted by molar-refractivity contribution is 0.0992. The van der Waals surface area contributed by atoms with Gasteiger partial charge in [0.15, 0.2) is 5.78 Å². The van der Waals surface area contributed by atoms with E-state index in [0.29, 0.717) is 6.42 Å². The summed E-state index contributed by atoms with van der Waals surface area (Å²) in [5.41, 5.74) is 5.67.